The number of nitrogens with zero attached hydrogens (tertiary/aromatic N) is 4. The van der Waals surface area contributed by atoms with Crippen LogP contribution in [0.2, 0.25) is 5.02 Å². The molecule has 4 aromatic carbocycles. The average molecular weight is 600 g/mol. The molecule has 215 valence electrons. The van der Waals surface area contributed by atoms with E-state index in [9.17, 15) is 13.2 Å². The van der Waals surface area contributed by atoms with Crippen LogP contribution in [-0.4, -0.2) is 19.9 Å². The van der Waals surface area contributed by atoms with Gasteiger partial charge < -0.3 is 9.47 Å². The molecule has 0 N–H and O–H groups in total. The summed E-state index contributed by atoms with van der Waals surface area (Å²) in [7, 11) is 0. The second-order valence-electron chi connectivity index (χ2n) is 10.2. The Bertz CT molecular complexity index is 2020. The third kappa shape index (κ3) is 5.81. The van der Waals surface area contributed by atoms with Crippen molar-refractivity contribution in [1.29, 1.82) is 0 Å². The summed E-state index contributed by atoms with van der Waals surface area (Å²) in [6, 6.07) is 17.5. The Morgan fingerprint density at radius 1 is 0.698 bits per heavy atom. The fourth-order valence-electron chi connectivity index (χ4n) is 5.08. The van der Waals surface area contributed by atoms with Crippen molar-refractivity contribution in [2.45, 2.75) is 33.9 Å². The van der Waals surface area contributed by atoms with Crippen LogP contribution in [0.4, 0.5) is 13.2 Å². The van der Waals surface area contributed by atoms with Crippen molar-refractivity contribution in [3.05, 3.63) is 106 Å². The standard InChI is InChI=1S/C33H23ClF3N4O2/c1-17-9-18(2)32(28(10-17)43-30-16-38-26-13-21(33(35,36)37)5-7-24(26)41-30)31-19(3)11-23(12-20(31)4)42-29-15-39-27-14-22(34)6-8-25(27)40-29/h5-8,10-16H,1-4H3. The third-order valence-electron chi connectivity index (χ3n) is 6.88. The van der Waals surface area contributed by atoms with Crippen molar-refractivity contribution in [2.24, 2.45) is 0 Å². The second kappa shape index (κ2) is 10.8. The lowest BCUT2D eigenvalue weighted by molar-refractivity contribution is -0.137. The zero-order chi connectivity index (χ0) is 30.5. The van der Waals surface area contributed by atoms with E-state index in [1.54, 1.807) is 24.4 Å². The van der Waals surface area contributed by atoms with Gasteiger partial charge in [-0.1, -0.05) is 11.6 Å². The fourth-order valence-corrected chi connectivity index (χ4v) is 5.25. The number of alkyl halides is 3. The van der Waals surface area contributed by atoms with Gasteiger partial charge in [0, 0.05) is 10.6 Å². The van der Waals surface area contributed by atoms with Crippen molar-refractivity contribution >= 4 is 33.7 Å². The summed E-state index contributed by atoms with van der Waals surface area (Å²) in [6.45, 7) is 7.80. The molecule has 1 radical (unpaired) electrons. The zero-order valence-electron chi connectivity index (χ0n) is 23.5. The molecule has 6 aromatic rings. The number of ether oxygens (including phenoxy) is 2. The average Bonchev–Trinajstić information content (AvgIpc) is 2.93. The van der Waals surface area contributed by atoms with Crippen LogP contribution in [0.1, 0.15) is 27.8 Å². The van der Waals surface area contributed by atoms with Gasteiger partial charge in [-0.05, 0) is 116 Å². The van der Waals surface area contributed by atoms with E-state index in [0.29, 0.717) is 33.4 Å². The van der Waals surface area contributed by atoms with Crippen LogP contribution in [0.25, 0.3) is 33.2 Å². The first-order chi connectivity index (χ1) is 20.4. The molecule has 6 nitrogen and oxygen atoms in total. The number of rotatable bonds is 5. The van der Waals surface area contributed by atoms with Crippen LogP contribution < -0.4 is 9.47 Å². The van der Waals surface area contributed by atoms with E-state index in [0.717, 1.165) is 45.5 Å². The predicted octanol–water partition coefficient (Wildman–Crippen LogP) is 9.53. The van der Waals surface area contributed by atoms with Crippen LogP contribution >= 0.6 is 11.6 Å². The van der Waals surface area contributed by atoms with Gasteiger partial charge in [0.1, 0.15) is 11.5 Å². The number of hydrogen-bond acceptors (Lipinski definition) is 6. The lowest BCUT2D eigenvalue weighted by Gasteiger charge is -2.19. The molecule has 0 fully saturated rings. The molecule has 0 saturated heterocycles. The minimum Gasteiger partial charge on any atom is -0.437 e. The lowest BCUT2D eigenvalue weighted by atomic mass is 9.90. The van der Waals surface area contributed by atoms with Gasteiger partial charge in [-0.3, -0.25) is 0 Å². The van der Waals surface area contributed by atoms with E-state index in [1.165, 1.54) is 12.3 Å². The monoisotopic (exact) mass is 599 g/mol. The number of hydrogen-bond donors (Lipinski definition) is 0. The van der Waals surface area contributed by atoms with Crippen LogP contribution in [0, 0.1) is 33.8 Å². The molecular formula is C33H23ClF3N4O2. The zero-order valence-corrected chi connectivity index (χ0v) is 24.2. The Morgan fingerprint density at radius 3 is 1.95 bits per heavy atom. The molecule has 2 aromatic heterocycles. The van der Waals surface area contributed by atoms with E-state index < -0.39 is 11.7 Å². The highest BCUT2D eigenvalue weighted by Crippen LogP contribution is 2.42. The molecule has 2 heterocycles. The summed E-state index contributed by atoms with van der Waals surface area (Å²) in [5, 5.41) is 0.580. The van der Waals surface area contributed by atoms with Gasteiger partial charge in [-0.15, -0.1) is 0 Å². The van der Waals surface area contributed by atoms with Gasteiger partial charge in [0.05, 0.1) is 40.0 Å². The summed E-state index contributed by atoms with van der Waals surface area (Å²) >= 11 is 6.06. The number of aryl methyl sites for hydroxylation is 4. The van der Waals surface area contributed by atoms with Gasteiger partial charge in [0.2, 0.25) is 11.8 Å². The Kier molecular flexibility index (Phi) is 7.14. The highest BCUT2D eigenvalue weighted by Gasteiger charge is 2.30. The van der Waals surface area contributed by atoms with E-state index in [4.69, 9.17) is 21.1 Å². The molecular weight excluding hydrogens is 577 g/mol. The van der Waals surface area contributed by atoms with Crippen LogP contribution in [-0.2, 0) is 6.18 Å². The molecule has 0 atom stereocenters. The van der Waals surface area contributed by atoms with Gasteiger partial charge in [0.25, 0.3) is 0 Å². The topological polar surface area (TPSA) is 70.0 Å². The summed E-state index contributed by atoms with van der Waals surface area (Å²) in [5.74, 6) is 1.62. The summed E-state index contributed by atoms with van der Waals surface area (Å²) in [4.78, 5) is 17.5. The van der Waals surface area contributed by atoms with E-state index in [2.05, 4.69) is 26.0 Å². The van der Waals surface area contributed by atoms with E-state index in [1.807, 2.05) is 45.9 Å². The molecule has 0 bridgehead atoms. The van der Waals surface area contributed by atoms with Gasteiger partial charge in [0.15, 0.2) is 0 Å². The molecule has 0 unspecified atom stereocenters. The minimum absolute atomic E-state index is 0.123. The Labute approximate surface area is 250 Å². The lowest BCUT2D eigenvalue weighted by Crippen LogP contribution is -2.05. The molecule has 0 aliphatic heterocycles. The van der Waals surface area contributed by atoms with Crippen LogP contribution in [0.15, 0.2) is 67.0 Å². The Hall–Kier alpha value is -4.76. The van der Waals surface area contributed by atoms with E-state index >= 15 is 0 Å². The molecule has 0 saturated carbocycles. The first-order valence-corrected chi connectivity index (χ1v) is 13.6. The molecule has 0 aliphatic carbocycles. The maximum Gasteiger partial charge on any atom is 0.416 e. The SMILES string of the molecule is Cc1[c]c(C)c(-c2c(C)cc(Oc3cnc4cc(Cl)ccc4n3)cc2C)c(Oc2cnc3cc(C(F)(F)F)ccc3n2)c1. The maximum absolute atomic E-state index is 13.1. The highest BCUT2D eigenvalue weighted by molar-refractivity contribution is 6.31. The van der Waals surface area contributed by atoms with Crippen molar-refractivity contribution in [3.63, 3.8) is 0 Å². The van der Waals surface area contributed by atoms with Crippen molar-refractivity contribution in [3.8, 4) is 34.4 Å². The number of benzene rings is 4. The molecule has 10 heteroatoms. The summed E-state index contributed by atoms with van der Waals surface area (Å²) in [6.07, 6.45) is -1.59. The van der Waals surface area contributed by atoms with Crippen molar-refractivity contribution in [1.82, 2.24) is 19.9 Å². The van der Waals surface area contributed by atoms with Crippen LogP contribution in [0.3, 0.4) is 0 Å². The summed E-state index contributed by atoms with van der Waals surface area (Å²) < 4.78 is 51.7. The Morgan fingerprint density at radius 2 is 1.30 bits per heavy atom. The van der Waals surface area contributed by atoms with Crippen molar-refractivity contribution in [2.75, 3.05) is 0 Å². The number of aromatic nitrogens is 4. The number of halogens is 4. The smallest absolute Gasteiger partial charge is 0.416 e. The molecule has 0 amide bonds. The Balaban J connectivity index is 1.34. The third-order valence-corrected chi connectivity index (χ3v) is 7.11. The minimum atomic E-state index is -4.47. The van der Waals surface area contributed by atoms with Crippen molar-refractivity contribution < 1.29 is 22.6 Å². The second-order valence-corrected chi connectivity index (χ2v) is 10.6. The van der Waals surface area contributed by atoms with Gasteiger partial charge >= 0.3 is 6.18 Å². The summed E-state index contributed by atoms with van der Waals surface area (Å²) in [5.41, 5.74) is 6.25. The maximum atomic E-state index is 13.1. The van der Waals surface area contributed by atoms with Gasteiger partial charge in [-0.2, -0.15) is 13.2 Å². The predicted molar refractivity (Wildman–Crippen MR) is 159 cm³/mol. The van der Waals surface area contributed by atoms with Crippen LogP contribution in [0.5, 0.6) is 23.3 Å². The molecule has 43 heavy (non-hydrogen) atoms. The molecule has 0 spiro atoms. The number of fused-ring (bicyclic) bond motifs is 2. The first kappa shape index (κ1) is 28.4. The quantitative estimate of drug-likeness (QED) is 0.196. The largest absolute Gasteiger partial charge is 0.437 e. The first-order valence-electron chi connectivity index (χ1n) is 13.2. The fraction of sp³-hybridized carbons (Fsp3) is 0.152. The highest BCUT2D eigenvalue weighted by atomic mass is 35.5. The normalized spacial score (nSPS) is 11.7. The van der Waals surface area contributed by atoms with E-state index in [-0.39, 0.29) is 16.9 Å². The molecule has 6 rings (SSSR count). The molecule has 0 aliphatic rings. The van der Waals surface area contributed by atoms with Gasteiger partial charge in [-0.25, -0.2) is 19.9 Å².